The zero-order valence-electron chi connectivity index (χ0n) is 34.3. The van der Waals surface area contributed by atoms with Gasteiger partial charge in [-0.3, -0.25) is 0 Å². The standard InChI is InChI=1S/C60H39NO2/c1-3-14-40(15-4-1)42-26-28-44(29-27-42)60-49(46-33-37-59-53(39-46)51-20-9-12-25-57(51)63-59)21-13-23-55(60)61(47-34-30-43(31-35-47)41-16-5-2-6-17-41)54-22-10-7-18-48(54)45-32-36-58-52(38-45)50-19-8-11-24-56(50)62-58/h1-39H. The van der Waals surface area contributed by atoms with Gasteiger partial charge in [0.2, 0.25) is 0 Å². The van der Waals surface area contributed by atoms with Crippen LogP contribution in [0.2, 0.25) is 0 Å². The molecule has 0 aliphatic heterocycles. The fourth-order valence-corrected chi connectivity index (χ4v) is 9.27. The first kappa shape index (κ1) is 36.5. The molecule has 0 aliphatic rings. The zero-order valence-corrected chi connectivity index (χ0v) is 34.3. The van der Waals surface area contributed by atoms with E-state index < -0.39 is 0 Å². The van der Waals surface area contributed by atoms with Gasteiger partial charge in [-0.05, 0) is 105 Å². The molecule has 0 spiro atoms. The Bertz CT molecular complexity index is 3600. The van der Waals surface area contributed by atoms with Crippen LogP contribution in [-0.4, -0.2) is 0 Å². The SMILES string of the molecule is c1ccc(-c2ccc(-c3c(-c4ccc5oc6ccccc6c5c4)cccc3N(c3ccc(-c4ccccc4)cc3)c3ccccc3-c3ccc4oc5ccccc5c4c3)cc2)cc1. The predicted octanol–water partition coefficient (Wildman–Crippen LogP) is 17.3. The van der Waals surface area contributed by atoms with Gasteiger partial charge in [0.1, 0.15) is 22.3 Å². The number of furan rings is 2. The second-order valence-corrected chi connectivity index (χ2v) is 16.0. The molecular weight excluding hydrogens is 767 g/mol. The summed E-state index contributed by atoms with van der Waals surface area (Å²) in [5.74, 6) is 0. The lowest BCUT2D eigenvalue weighted by atomic mass is 9.90. The number of rotatable bonds is 8. The monoisotopic (exact) mass is 805 g/mol. The van der Waals surface area contributed by atoms with E-state index in [1.807, 2.05) is 24.3 Å². The molecule has 10 aromatic carbocycles. The van der Waals surface area contributed by atoms with Gasteiger partial charge in [0.15, 0.2) is 0 Å². The summed E-state index contributed by atoms with van der Waals surface area (Å²) in [7, 11) is 0. The minimum Gasteiger partial charge on any atom is -0.456 e. The molecule has 12 aromatic rings. The van der Waals surface area contributed by atoms with Gasteiger partial charge in [-0.1, -0.05) is 176 Å². The Morgan fingerprint density at radius 3 is 1.27 bits per heavy atom. The van der Waals surface area contributed by atoms with Crippen LogP contribution in [0.3, 0.4) is 0 Å². The van der Waals surface area contributed by atoms with Crippen LogP contribution in [0.4, 0.5) is 17.1 Å². The van der Waals surface area contributed by atoms with Crippen LogP contribution < -0.4 is 4.90 Å². The quantitative estimate of drug-likeness (QED) is 0.153. The summed E-state index contributed by atoms with van der Waals surface area (Å²) < 4.78 is 12.6. The second kappa shape index (κ2) is 15.3. The smallest absolute Gasteiger partial charge is 0.135 e. The van der Waals surface area contributed by atoms with Gasteiger partial charge in [0, 0.05) is 38.4 Å². The van der Waals surface area contributed by atoms with Crippen molar-refractivity contribution in [3.63, 3.8) is 0 Å². The van der Waals surface area contributed by atoms with E-state index in [9.17, 15) is 0 Å². The summed E-state index contributed by atoms with van der Waals surface area (Å²) in [6.45, 7) is 0. The summed E-state index contributed by atoms with van der Waals surface area (Å²) in [6, 6.07) is 84.4. The maximum atomic E-state index is 6.32. The van der Waals surface area contributed by atoms with E-state index in [4.69, 9.17) is 8.83 Å². The predicted molar refractivity (Wildman–Crippen MR) is 263 cm³/mol. The van der Waals surface area contributed by atoms with E-state index in [0.29, 0.717) is 0 Å². The van der Waals surface area contributed by atoms with Gasteiger partial charge in [-0.25, -0.2) is 0 Å². The fourth-order valence-electron chi connectivity index (χ4n) is 9.27. The number of fused-ring (bicyclic) bond motifs is 6. The van der Waals surface area contributed by atoms with E-state index in [0.717, 1.165) is 99.9 Å². The van der Waals surface area contributed by atoms with E-state index in [-0.39, 0.29) is 0 Å². The molecule has 296 valence electrons. The molecule has 0 atom stereocenters. The topological polar surface area (TPSA) is 29.5 Å². The molecule has 3 heteroatoms. The van der Waals surface area contributed by atoms with E-state index in [1.165, 1.54) is 16.7 Å². The molecule has 0 bridgehead atoms. The van der Waals surface area contributed by atoms with Crippen molar-refractivity contribution in [3.05, 3.63) is 237 Å². The number of nitrogens with zero attached hydrogens (tertiary/aromatic N) is 1. The van der Waals surface area contributed by atoms with Crippen LogP contribution in [0.15, 0.2) is 245 Å². The number of benzene rings is 10. The Kier molecular flexibility index (Phi) is 8.83. The fraction of sp³-hybridized carbons (Fsp3) is 0. The first-order valence-corrected chi connectivity index (χ1v) is 21.4. The number of hydrogen-bond donors (Lipinski definition) is 0. The third-order valence-electron chi connectivity index (χ3n) is 12.3. The van der Waals surface area contributed by atoms with Gasteiger partial charge >= 0.3 is 0 Å². The van der Waals surface area contributed by atoms with Gasteiger partial charge in [0.25, 0.3) is 0 Å². The molecule has 0 radical (unpaired) electrons. The van der Waals surface area contributed by atoms with Crippen LogP contribution in [0.5, 0.6) is 0 Å². The van der Waals surface area contributed by atoms with Crippen LogP contribution >= 0.6 is 0 Å². The van der Waals surface area contributed by atoms with Gasteiger partial charge < -0.3 is 13.7 Å². The molecule has 0 N–H and O–H groups in total. The molecule has 12 rings (SSSR count). The third-order valence-corrected chi connectivity index (χ3v) is 12.3. The minimum atomic E-state index is 0.876. The largest absolute Gasteiger partial charge is 0.456 e. The molecule has 0 saturated heterocycles. The molecule has 0 saturated carbocycles. The van der Waals surface area contributed by atoms with Gasteiger partial charge in [-0.2, -0.15) is 0 Å². The van der Waals surface area contributed by atoms with Crippen molar-refractivity contribution in [1.29, 1.82) is 0 Å². The van der Waals surface area contributed by atoms with Crippen molar-refractivity contribution in [2.24, 2.45) is 0 Å². The Balaban J connectivity index is 1.11. The Labute approximate surface area is 365 Å². The lowest BCUT2D eigenvalue weighted by molar-refractivity contribution is 0.668. The molecule has 2 aromatic heterocycles. The molecule has 0 amide bonds. The maximum Gasteiger partial charge on any atom is 0.135 e. The Morgan fingerprint density at radius 1 is 0.254 bits per heavy atom. The molecule has 63 heavy (non-hydrogen) atoms. The average Bonchev–Trinajstić information content (AvgIpc) is 3.93. The summed E-state index contributed by atoms with van der Waals surface area (Å²) >= 11 is 0. The zero-order chi connectivity index (χ0) is 41.7. The highest BCUT2D eigenvalue weighted by atomic mass is 16.3. The van der Waals surface area contributed by atoms with Crippen molar-refractivity contribution in [3.8, 4) is 55.6 Å². The summed E-state index contributed by atoms with van der Waals surface area (Å²) in [6.07, 6.45) is 0. The molecule has 0 unspecified atom stereocenters. The van der Waals surface area contributed by atoms with Gasteiger partial charge in [0.05, 0.1) is 11.4 Å². The molecule has 3 nitrogen and oxygen atoms in total. The highest BCUT2D eigenvalue weighted by Gasteiger charge is 2.24. The molecule has 0 aliphatic carbocycles. The van der Waals surface area contributed by atoms with Crippen molar-refractivity contribution >= 4 is 60.9 Å². The molecular formula is C60H39NO2. The third kappa shape index (κ3) is 6.46. The molecule has 2 heterocycles. The van der Waals surface area contributed by atoms with Crippen LogP contribution in [-0.2, 0) is 0 Å². The number of hydrogen-bond acceptors (Lipinski definition) is 3. The van der Waals surface area contributed by atoms with E-state index in [2.05, 4.69) is 217 Å². The Hall–Kier alpha value is -8.40. The van der Waals surface area contributed by atoms with E-state index >= 15 is 0 Å². The normalized spacial score (nSPS) is 11.5. The summed E-state index contributed by atoms with van der Waals surface area (Å²) in [4.78, 5) is 2.44. The lowest BCUT2D eigenvalue weighted by Gasteiger charge is -2.31. The van der Waals surface area contributed by atoms with Crippen molar-refractivity contribution < 1.29 is 8.83 Å². The van der Waals surface area contributed by atoms with Crippen LogP contribution in [0.1, 0.15) is 0 Å². The molecule has 0 fully saturated rings. The van der Waals surface area contributed by atoms with Crippen molar-refractivity contribution in [2.45, 2.75) is 0 Å². The number of anilines is 3. The van der Waals surface area contributed by atoms with Crippen LogP contribution in [0, 0.1) is 0 Å². The van der Waals surface area contributed by atoms with Gasteiger partial charge in [-0.15, -0.1) is 0 Å². The highest BCUT2D eigenvalue weighted by molar-refractivity contribution is 6.09. The Morgan fingerprint density at radius 2 is 0.667 bits per heavy atom. The van der Waals surface area contributed by atoms with Crippen molar-refractivity contribution in [1.82, 2.24) is 0 Å². The van der Waals surface area contributed by atoms with E-state index in [1.54, 1.807) is 0 Å². The summed E-state index contributed by atoms with van der Waals surface area (Å²) in [5, 5.41) is 4.41. The van der Waals surface area contributed by atoms with Crippen molar-refractivity contribution in [2.75, 3.05) is 4.90 Å². The lowest BCUT2D eigenvalue weighted by Crippen LogP contribution is -2.13. The maximum absolute atomic E-state index is 6.32. The summed E-state index contributed by atoms with van der Waals surface area (Å²) in [5.41, 5.74) is 18.1. The van der Waals surface area contributed by atoms with Crippen LogP contribution in [0.25, 0.3) is 99.5 Å². The number of para-hydroxylation sites is 3. The highest BCUT2D eigenvalue weighted by Crippen LogP contribution is 2.49. The minimum absolute atomic E-state index is 0.876. The average molecular weight is 806 g/mol. The second-order valence-electron chi connectivity index (χ2n) is 16.0. The first-order chi connectivity index (χ1) is 31.2. The first-order valence-electron chi connectivity index (χ1n) is 21.4.